The van der Waals surface area contributed by atoms with Crippen LogP contribution in [0.4, 0.5) is 0 Å². The lowest BCUT2D eigenvalue weighted by Crippen LogP contribution is -2.45. The second-order valence-corrected chi connectivity index (χ2v) is 6.00. The van der Waals surface area contributed by atoms with Gasteiger partial charge in [0, 0.05) is 0 Å². The molecule has 2 unspecified atom stereocenters. The molecule has 118 valence electrons. The Kier molecular flexibility index (Phi) is 8.51. The quantitative estimate of drug-likeness (QED) is 0.597. The molecule has 0 spiro atoms. The lowest BCUT2D eigenvalue weighted by Gasteiger charge is -2.39. The molecule has 4 nitrogen and oxygen atoms in total. The summed E-state index contributed by atoms with van der Waals surface area (Å²) in [5, 5.41) is 18.9. The van der Waals surface area contributed by atoms with Crippen molar-refractivity contribution in [1.82, 2.24) is 0 Å². The van der Waals surface area contributed by atoms with E-state index in [9.17, 15) is 19.8 Å². The Morgan fingerprint density at radius 3 is 1.60 bits per heavy atom. The molecule has 0 saturated heterocycles. The Morgan fingerprint density at radius 1 is 0.950 bits per heavy atom. The second-order valence-electron chi connectivity index (χ2n) is 6.00. The SMILES string of the molecule is CCCCC(C)C(CC(=O)O)(C(=O)O)C(C)CCCC. The summed E-state index contributed by atoms with van der Waals surface area (Å²) in [7, 11) is 0. The maximum Gasteiger partial charge on any atom is 0.310 e. The largest absolute Gasteiger partial charge is 0.481 e. The predicted octanol–water partition coefficient (Wildman–Crippen LogP) is 4.18. The van der Waals surface area contributed by atoms with Crippen LogP contribution in [0.25, 0.3) is 0 Å². The summed E-state index contributed by atoms with van der Waals surface area (Å²) in [6, 6.07) is 0. The van der Waals surface area contributed by atoms with Crippen LogP contribution < -0.4 is 0 Å². The van der Waals surface area contributed by atoms with Crippen LogP contribution in [0.3, 0.4) is 0 Å². The zero-order valence-electron chi connectivity index (χ0n) is 13.3. The standard InChI is InChI=1S/C16H30O4/c1-5-7-9-12(3)16(15(19)20,11-14(17)18)13(4)10-8-6-2/h12-13H,5-11H2,1-4H3,(H,17,18)(H,19,20). The van der Waals surface area contributed by atoms with E-state index >= 15 is 0 Å². The molecule has 0 aromatic rings. The van der Waals surface area contributed by atoms with Gasteiger partial charge >= 0.3 is 11.9 Å². The highest BCUT2D eigenvalue weighted by molar-refractivity contribution is 5.82. The van der Waals surface area contributed by atoms with Crippen molar-refractivity contribution in [2.75, 3.05) is 0 Å². The highest BCUT2D eigenvalue weighted by atomic mass is 16.4. The number of rotatable bonds is 11. The third-order valence-electron chi connectivity index (χ3n) is 4.58. The number of carboxylic acid groups (broad SMARTS) is 2. The molecule has 0 radical (unpaired) electrons. The Labute approximate surface area is 122 Å². The summed E-state index contributed by atoms with van der Waals surface area (Å²) in [6.45, 7) is 7.92. The van der Waals surface area contributed by atoms with Gasteiger partial charge in [-0.15, -0.1) is 0 Å². The van der Waals surface area contributed by atoms with E-state index in [1.165, 1.54) is 0 Å². The minimum Gasteiger partial charge on any atom is -0.481 e. The normalized spacial score (nSPS) is 17.2. The van der Waals surface area contributed by atoms with E-state index in [1.54, 1.807) is 0 Å². The Morgan fingerprint density at radius 2 is 1.35 bits per heavy atom. The van der Waals surface area contributed by atoms with Crippen LogP contribution in [0, 0.1) is 17.3 Å². The number of carbonyl (C=O) groups is 2. The van der Waals surface area contributed by atoms with Crippen molar-refractivity contribution in [3.05, 3.63) is 0 Å². The molecule has 0 aromatic heterocycles. The average Bonchev–Trinajstić information content (AvgIpc) is 2.38. The van der Waals surface area contributed by atoms with Gasteiger partial charge in [0.2, 0.25) is 0 Å². The van der Waals surface area contributed by atoms with Gasteiger partial charge in [-0.25, -0.2) is 0 Å². The van der Waals surface area contributed by atoms with Gasteiger partial charge in [0.15, 0.2) is 0 Å². The van der Waals surface area contributed by atoms with Crippen LogP contribution >= 0.6 is 0 Å². The van der Waals surface area contributed by atoms with Gasteiger partial charge in [-0.3, -0.25) is 9.59 Å². The number of hydrogen-bond acceptors (Lipinski definition) is 2. The third kappa shape index (κ3) is 4.80. The highest BCUT2D eigenvalue weighted by Gasteiger charge is 2.49. The zero-order valence-corrected chi connectivity index (χ0v) is 13.3. The minimum absolute atomic E-state index is 0.122. The molecule has 0 bridgehead atoms. The van der Waals surface area contributed by atoms with Crippen molar-refractivity contribution in [3.8, 4) is 0 Å². The summed E-state index contributed by atoms with van der Waals surface area (Å²) >= 11 is 0. The topological polar surface area (TPSA) is 74.6 Å². The number of aliphatic carboxylic acids is 2. The zero-order chi connectivity index (χ0) is 15.8. The maximum absolute atomic E-state index is 11.9. The molecule has 0 aliphatic rings. The fraction of sp³-hybridized carbons (Fsp3) is 0.875. The van der Waals surface area contributed by atoms with Crippen LogP contribution in [0.2, 0.25) is 0 Å². The molecule has 0 aliphatic carbocycles. The average molecular weight is 286 g/mol. The Hall–Kier alpha value is -1.06. The molecule has 0 amide bonds. The van der Waals surface area contributed by atoms with E-state index in [-0.39, 0.29) is 18.3 Å². The van der Waals surface area contributed by atoms with Crippen LogP contribution in [-0.4, -0.2) is 22.2 Å². The van der Waals surface area contributed by atoms with Crippen LogP contribution in [0.1, 0.15) is 72.6 Å². The van der Waals surface area contributed by atoms with Crippen LogP contribution in [-0.2, 0) is 9.59 Å². The molecule has 0 fully saturated rings. The van der Waals surface area contributed by atoms with Crippen molar-refractivity contribution in [2.24, 2.45) is 17.3 Å². The molecule has 0 saturated carbocycles. The van der Waals surface area contributed by atoms with E-state index in [4.69, 9.17) is 0 Å². The molecule has 2 atom stereocenters. The Balaban J connectivity index is 5.33. The van der Waals surface area contributed by atoms with Gasteiger partial charge in [0.05, 0.1) is 11.8 Å². The molecular weight excluding hydrogens is 256 g/mol. The van der Waals surface area contributed by atoms with Gasteiger partial charge in [-0.1, -0.05) is 53.4 Å². The number of hydrogen-bond donors (Lipinski definition) is 2. The smallest absolute Gasteiger partial charge is 0.310 e. The second kappa shape index (κ2) is 8.98. The highest BCUT2D eigenvalue weighted by Crippen LogP contribution is 2.44. The molecule has 2 N–H and O–H groups in total. The van der Waals surface area contributed by atoms with E-state index in [0.29, 0.717) is 0 Å². The van der Waals surface area contributed by atoms with Crippen LogP contribution in [0.5, 0.6) is 0 Å². The summed E-state index contributed by atoms with van der Waals surface area (Å²) in [6.07, 6.45) is 5.14. The first-order valence-corrected chi connectivity index (χ1v) is 7.78. The summed E-state index contributed by atoms with van der Waals surface area (Å²) in [5.74, 6) is -2.21. The van der Waals surface area contributed by atoms with E-state index in [2.05, 4.69) is 13.8 Å². The van der Waals surface area contributed by atoms with Crippen molar-refractivity contribution in [3.63, 3.8) is 0 Å². The monoisotopic (exact) mass is 286 g/mol. The number of unbranched alkanes of at least 4 members (excludes halogenated alkanes) is 2. The van der Waals surface area contributed by atoms with Crippen molar-refractivity contribution in [1.29, 1.82) is 0 Å². The minimum atomic E-state index is -1.14. The summed E-state index contributed by atoms with van der Waals surface area (Å²) < 4.78 is 0. The van der Waals surface area contributed by atoms with E-state index < -0.39 is 17.4 Å². The van der Waals surface area contributed by atoms with Crippen molar-refractivity contribution in [2.45, 2.75) is 72.6 Å². The molecule has 0 heterocycles. The Bertz CT molecular complexity index is 298. The first kappa shape index (κ1) is 18.9. The maximum atomic E-state index is 11.9. The van der Waals surface area contributed by atoms with Gasteiger partial charge < -0.3 is 10.2 Å². The predicted molar refractivity (Wildman–Crippen MR) is 79.7 cm³/mol. The van der Waals surface area contributed by atoms with Gasteiger partial charge in [-0.2, -0.15) is 0 Å². The lowest BCUT2D eigenvalue weighted by atomic mass is 9.63. The molecular formula is C16H30O4. The van der Waals surface area contributed by atoms with Crippen molar-refractivity contribution >= 4 is 11.9 Å². The summed E-state index contributed by atoms with van der Waals surface area (Å²) in [4.78, 5) is 23.1. The van der Waals surface area contributed by atoms with E-state index in [1.807, 2.05) is 13.8 Å². The fourth-order valence-electron chi connectivity index (χ4n) is 3.12. The van der Waals surface area contributed by atoms with Gasteiger partial charge in [-0.05, 0) is 24.7 Å². The van der Waals surface area contributed by atoms with Gasteiger partial charge in [0.1, 0.15) is 0 Å². The van der Waals surface area contributed by atoms with Crippen molar-refractivity contribution < 1.29 is 19.8 Å². The first-order valence-electron chi connectivity index (χ1n) is 7.78. The lowest BCUT2D eigenvalue weighted by molar-refractivity contribution is -0.164. The molecule has 0 aliphatic heterocycles. The first-order chi connectivity index (χ1) is 9.32. The summed E-state index contributed by atoms with van der Waals surface area (Å²) in [5.41, 5.74) is -1.14. The third-order valence-corrected chi connectivity index (χ3v) is 4.58. The fourth-order valence-corrected chi connectivity index (χ4v) is 3.12. The van der Waals surface area contributed by atoms with Crippen LogP contribution in [0.15, 0.2) is 0 Å². The van der Waals surface area contributed by atoms with E-state index in [0.717, 1.165) is 38.5 Å². The molecule has 0 aromatic carbocycles. The molecule has 0 rings (SSSR count). The molecule has 20 heavy (non-hydrogen) atoms. The van der Waals surface area contributed by atoms with Gasteiger partial charge in [0.25, 0.3) is 0 Å². The molecule has 4 heteroatoms. The number of carboxylic acids is 2.